The molecule has 0 bridgehead atoms. The molecule has 0 amide bonds. The van der Waals surface area contributed by atoms with Gasteiger partial charge in [0.05, 0.1) is 0 Å². The summed E-state index contributed by atoms with van der Waals surface area (Å²) < 4.78 is 0. The van der Waals surface area contributed by atoms with Crippen molar-refractivity contribution in [1.29, 1.82) is 0 Å². The zero-order valence-corrected chi connectivity index (χ0v) is 11.4. The minimum absolute atomic E-state index is 0.279. The Balaban J connectivity index is 3.95. The molecule has 0 aromatic carbocycles. The summed E-state index contributed by atoms with van der Waals surface area (Å²) in [6.45, 7) is 15.8. The molecule has 0 heterocycles. The topological polar surface area (TPSA) is 32.3 Å². The van der Waals surface area contributed by atoms with E-state index in [2.05, 4.69) is 46.9 Å². The summed E-state index contributed by atoms with van der Waals surface area (Å²) in [4.78, 5) is 0. The van der Waals surface area contributed by atoms with Crippen LogP contribution in [-0.2, 0) is 0 Å². The molecule has 0 aliphatic heterocycles. The zero-order chi connectivity index (χ0) is 12.1. The van der Waals surface area contributed by atoms with Crippen LogP contribution >= 0.6 is 0 Å². The van der Waals surface area contributed by atoms with Gasteiger partial charge in [0.25, 0.3) is 0 Å². The molecule has 0 spiro atoms. The molecule has 1 atom stereocenters. The largest absolute Gasteiger partial charge is 0.396 e. The van der Waals surface area contributed by atoms with Gasteiger partial charge in [0.15, 0.2) is 0 Å². The highest BCUT2D eigenvalue weighted by Gasteiger charge is 2.32. The lowest BCUT2D eigenvalue weighted by atomic mass is 9.69. The first-order valence-electron chi connectivity index (χ1n) is 6.06. The van der Waals surface area contributed by atoms with Gasteiger partial charge in [0.2, 0.25) is 0 Å². The van der Waals surface area contributed by atoms with E-state index < -0.39 is 0 Å². The van der Waals surface area contributed by atoms with E-state index in [-0.39, 0.29) is 5.41 Å². The predicted octanol–water partition coefficient (Wildman–Crippen LogP) is 2.67. The van der Waals surface area contributed by atoms with E-state index in [1.807, 2.05) is 0 Å². The van der Waals surface area contributed by atoms with E-state index in [0.29, 0.717) is 17.9 Å². The number of aliphatic hydroxyl groups is 1. The van der Waals surface area contributed by atoms with Gasteiger partial charge in [0.1, 0.15) is 0 Å². The lowest BCUT2D eigenvalue weighted by molar-refractivity contribution is 0.124. The zero-order valence-electron chi connectivity index (χ0n) is 11.4. The summed E-state index contributed by atoms with van der Waals surface area (Å²) in [5.41, 5.74) is 0.585. The summed E-state index contributed by atoms with van der Waals surface area (Å²) in [5, 5.41) is 12.5. The monoisotopic (exact) mass is 215 g/mol. The number of hydrogen-bond donors (Lipinski definition) is 2. The van der Waals surface area contributed by atoms with Gasteiger partial charge in [-0.15, -0.1) is 0 Å². The third kappa shape index (κ3) is 4.98. The van der Waals surface area contributed by atoms with Gasteiger partial charge in [-0.1, -0.05) is 41.5 Å². The van der Waals surface area contributed by atoms with Crippen molar-refractivity contribution in [2.75, 3.05) is 19.7 Å². The molecule has 2 N–H and O–H groups in total. The van der Waals surface area contributed by atoms with Crippen molar-refractivity contribution >= 4 is 0 Å². The number of hydrogen-bond acceptors (Lipinski definition) is 2. The highest BCUT2D eigenvalue weighted by molar-refractivity contribution is 4.84. The van der Waals surface area contributed by atoms with E-state index in [1.165, 1.54) is 0 Å². The molecule has 0 rings (SSSR count). The van der Waals surface area contributed by atoms with Crippen LogP contribution in [0.4, 0.5) is 0 Å². The Bertz CT molecular complexity index is 166. The van der Waals surface area contributed by atoms with E-state index in [1.54, 1.807) is 0 Å². The number of aliphatic hydroxyl groups excluding tert-OH is 1. The highest BCUT2D eigenvalue weighted by Crippen LogP contribution is 2.36. The first-order chi connectivity index (χ1) is 6.74. The predicted molar refractivity (Wildman–Crippen MR) is 67.0 cm³/mol. The summed E-state index contributed by atoms with van der Waals surface area (Å²) in [6, 6.07) is 0. The average Bonchev–Trinajstić information content (AvgIpc) is 2.10. The maximum Gasteiger partial charge on any atom is 0.0471 e. The van der Waals surface area contributed by atoms with Crippen LogP contribution < -0.4 is 5.32 Å². The summed E-state index contributed by atoms with van der Waals surface area (Å²) in [5.74, 6) is 0.403. The van der Waals surface area contributed by atoms with Crippen molar-refractivity contribution in [3.05, 3.63) is 0 Å². The van der Waals surface area contributed by atoms with Crippen molar-refractivity contribution < 1.29 is 5.11 Å². The fraction of sp³-hybridized carbons (Fsp3) is 1.00. The van der Waals surface area contributed by atoms with Crippen LogP contribution in [-0.4, -0.2) is 24.8 Å². The van der Waals surface area contributed by atoms with Crippen LogP contribution in [0.15, 0.2) is 0 Å². The number of nitrogens with one attached hydrogen (secondary N) is 1. The van der Waals surface area contributed by atoms with Crippen LogP contribution in [0.1, 0.15) is 48.0 Å². The van der Waals surface area contributed by atoms with E-state index in [9.17, 15) is 0 Å². The fourth-order valence-corrected chi connectivity index (χ4v) is 1.19. The maximum atomic E-state index is 9.08. The Labute approximate surface area is 95.5 Å². The Morgan fingerprint density at radius 2 is 1.67 bits per heavy atom. The molecule has 15 heavy (non-hydrogen) atoms. The van der Waals surface area contributed by atoms with Gasteiger partial charge in [-0.05, 0) is 23.2 Å². The van der Waals surface area contributed by atoms with Gasteiger partial charge in [0, 0.05) is 19.7 Å². The third-order valence-electron chi connectivity index (χ3n) is 3.87. The Morgan fingerprint density at radius 1 is 1.13 bits per heavy atom. The molecule has 0 saturated heterocycles. The Kier molecular flexibility index (Phi) is 5.82. The van der Waals surface area contributed by atoms with Crippen LogP contribution in [0.25, 0.3) is 0 Å². The molecule has 0 saturated carbocycles. The summed E-state index contributed by atoms with van der Waals surface area (Å²) in [6.07, 6.45) is 1.04. The van der Waals surface area contributed by atoms with Gasteiger partial charge in [-0.3, -0.25) is 0 Å². The van der Waals surface area contributed by atoms with Crippen molar-refractivity contribution in [1.82, 2.24) is 5.32 Å². The van der Waals surface area contributed by atoms with Crippen LogP contribution in [0.3, 0.4) is 0 Å². The molecule has 0 fully saturated rings. The summed E-state index contributed by atoms with van der Waals surface area (Å²) >= 11 is 0. The Morgan fingerprint density at radius 3 is 2.00 bits per heavy atom. The quantitative estimate of drug-likeness (QED) is 0.714. The lowest BCUT2D eigenvalue weighted by Crippen LogP contribution is -2.41. The highest BCUT2D eigenvalue weighted by atomic mass is 16.3. The fourth-order valence-electron chi connectivity index (χ4n) is 1.19. The molecule has 2 heteroatoms. The minimum Gasteiger partial charge on any atom is -0.396 e. The second-order valence-corrected chi connectivity index (χ2v) is 6.22. The van der Waals surface area contributed by atoms with Gasteiger partial charge in [-0.25, -0.2) is 0 Å². The summed E-state index contributed by atoms with van der Waals surface area (Å²) in [7, 11) is 0. The van der Waals surface area contributed by atoms with Crippen molar-refractivity contribution in [3.8, 4) is 0 Å². The molecular formula is C13H29NO. The van der Waals surface area contributed by atoms with E-state index >= 15 is 0 Å². The van der Waals surface area contributed by atoms with Gasteiger partial charge in [-0.2, -0.15) is 0 Å². The van der Waals surface area contributed by atoms with E-state index in [4.69, 9.17) is 5.11 Å². The SMILES string of the molecule is CCC(CO)CNCC(C)(C)C(C)(C)C. The number of rotatable bonds is 6. The first-order valence-corrected chi connectivity index (χ1v) is 6.06. The van der Waals surface area contributed by atoms with E-state index in [0.717, 1.165) is 19.5 Å². The molecular weight excluding hydrogens is 186 g/mol. The normalized spacial score (nSPS) is 15.4. The van der Waals surface area contributed by atoms with Crippen LogP contribution in [0, 0.1) is 16.7 Å². The van der Waals surface area contributed by atoms with Crippen molar-refractivity contribution in [3.63, 3.8) is 0 Å². The molecule has 0 aliphatic carbocycles. The van der Waals surface area contributed by atoms with Crippen molar-refractivity contribution in [2.45, 2.75) is 48.0 Å². The molecule has 1 unspecified atom stereocenters. The molecule has 92 valence electrons. The maximum absolute atomic E-state index is 9.08. The van der Waals surface area contributed by atoms with Crippen LogP contribution in [0.2, 0.25) is 0 Å². The second-order valence-electron chi connectivity index (χ2n) is 6.22. The molecule has 0 aromatic heterocycles. The average molecular weight is 215 g/mol. The standard InChI is InChI=1S/C13H29NO/c1-7-11(9-15)8-14-10-13(5,6)12(2,3)4/h11,14-15H,7-10H2,1-6H3. The third-order valence-corrected chi connectivity index (χ3v) is 3.87. The van der Waals surface area contributed by atoms with Crippen molar-refractivity contribution in [2.24, 2.45) is 16.7 Å². The second kappa shape index (κ2) is 5.86. The first kappa shape index (κ1) is 14.9. The molecule has 0 radical (unpaired) electrons. The van der Waals surface area contributed by atoms with Crippen LogP contribution in [0.5, 0.6) is 0 Å². The van der Waals surface area contributed by atoms with Gasteiger partial charge >= 0.3 is 0 Å². The molecule has 0 aromatic rings. The smallest absolute Gasteiger partial charge is 0.0471 e. The minimum atomic E-state index is 0.279. The molecule has 0 aliphatic rings. The Hall–Kier alpha value is -0.0800. The lowest BCUT2D eigenvalue weighted by Gasteiger charge is -2.39. The molecule has 2 nitrogen and oxygen atoms in total. The van der Waals surface area contributed by atoms with Gasteiger partial charge < -0.3 is 10.4 Å².